The first-order valence-electron chi connectivity index (χ1n) is 10.8. The zero-order chi connectivity index (χ0) is 19.9. The van der Waals surface area contributed by atoms with Crippen LogP contribution in [0.1, 0.15) is 25.8 Å². The molecule has 0 amide bonds. The third-order valence-corrected chi connectivity index (χ3v) is 6.06. The Bertz CT molecular complexity index is 619. The van der Waals surface area contributed by atoms with Crippen LogP contribution in [-0.4, -0.2) is 92.1 Å². The highest BCUT2D eigenvalue weighted by Crippen LogP contribution is 2.20. The van der Waals surface area contributed by atoms with Gasteiger partial charge in [-0.1, -0.05) is 30.3 Å². The molecule has 0 aliphatic carbocycles. The van der Waals surface area contributed by atoms with E-state index < -0.39 is 0 Å². The molecule has 2 heterocycles. The van der Waals surface area contributed by atoms with Gasteiger partial charge in [0.05, 0.1) is 6.54 Å². The molecule has 28 heavy (non-hydrogen) atoms. The summed E-state index contributed by atoms with van der Waals surface area (Å²) in [6, 6.07) is 12.3. The van der Waals surface area contributed by atoms with Crippen LogP contribution in [0.25, 0.3) is 0 Å². The SMILES string of the molecule is CCNC(=NCC1CN(C)CCN1C)NC1CC(C)N(Cc2ccccc2)C1. The van der Waals surface area contributed by atoms with Crippen molar-refractivity contribution in [3.8, 4) is 0 Å². The maximum absolute atomic E-state index is 4.93. The van der Waals surface area contributed by atoms with Gasteiger partial charge in [-0.05, 0) is 39.9 Å². The summed E-state index contributed by atoms with van der Waals surface area (Å²) in [4.78, 5) is 12.3. The van der Waals surface area contributed by atoms with E-state index in [2.05, 4.69) is 83.6 Å². The molecule has 0 radical (unpaired) electrons. The van der Waals surface area contributed by atoms with E-state index in [1.807, 2.05) is 0 Å². The molecule has 0 saturated carbocycles. The Hall–Kier alpha value is -1.63. The fourth-order valence-electron chi connectivity index (χ4n) is 4.25. The molecule has 156 valence electrons. The van der Waals surface area contributed by atoms with Gasteiger partial charge in [0.25, 0.3) is 0 Å². The molecule has 2 aliphatic heterocycles. The van der Waals surface area contributed by atoms with Crippen molar-refractivity contribution in [1.82, 2.24) is 25.3 Å². The van der Waals surface area contributed by atoms with Gasteiger partial charge >= 0.3 is 0 Å². The quantitative estimate of drug-likeness (QED) is 0.572. The summed E-state index contributed by atoms with van der Waals surface area (Å²) < 4.78 is 0. The Morgan fingerprint density at radius 2 is 1.93 bits per heavy atom. The fraction of sp³-hybridized carbons (Fsp3) is 0.682. The second-order valence-electron chi connectivity index (χ2n) is 8.46. The van der Waals surface area contributed by atoms with E-state index in [4.69, 9.17) is 4.99 Å². The summed E-state index contributed by atoms with van der Waals surface area (Å²) in [5, 5.41) is 7.14. The minimum absolute atomic E-state index is 0.447. The first-order chi connectivity index (χ1) is 13.5. The molecule has 3 unspecified atom stereocenters. The third-order valence-electron chi connectivity index (χ3n) is 6.06. The molecule has 2 aliphatic rings. The smallest absolute Gasteiger partial charge is 0.191 e. The minimum atomic E-state index is 0.447. The van der Waals surface area contributed by atoms with E-state index >= 15 is 0 Å². The van der Waals surface area contributed by atoms with Gasteiger partial charge in [-0.25, -0.2) is 0 Å². The van der Waals surface area contributed by atoms with Gasteiger partial charge in [-0.3, -0.25) is 14.8 Å². The number of likely N-dealkylation sites (tertiary alicyclic amines) is 1. The number of likely N-dealkylation sites (N-methyl/N-ethyl adjacent to an activating group) is 2. The number of nitrogens with zero attached hydrogens (tertiary/aromatic N) is 4. The van der Waals surface area contributed by atoms with Crippen molar-refractivity contribution < 1.29 is 0 Å². The number of hydrogen-bond acceptors (Lipinski definition) is 4. The topological polar surface area (TPSA) is 46.1 Å². The molecule has 6 nitrogen and oxygen atoms in total. The maximum Gasteiger partial charge on any atom is 0.191 e. The lowest BCUT2D eigenvalue weighted by molar-refractivity contribution is 0.119. The standard InChI is InChI=1S/C22H38N6/c1-5-23-22(24-14-21-17-26(3)11-12-27(21)4)25-20-13-18(2)28(16-20)15-19-9-7-6-8-10-19/h6-10,18,20-21H,5,11-17H2,1-4H3,(H2,23,24,25). The zero-order valence-electron chi connectivity index (χ0n) is 18.1. The predicted molar refractivity (Wildman–Crippen MR) is 118 cm³/mol. The summed E-state index contributed by atoms with van der Waals surface area (Å²) in [5.41, 5.74) is 1.39. The lowest BCUT2D eigenvalue weighted by Crippen LogP contribution is -2.52. The van der Waals surface area contributed by atoms with Crippen LogP contribution < -0.4 is 10.6 Å². The molecule has 6 heteroatoms. The maximum atomic E-state index is 4.93. The van der Waals surface area contributed by atoms with Gasteiger partial charge in [-0.15, -0.1) is 0 Å². The largest absolute Gasteiger partial charge is 0.357 e. The zero-order valence-corrected chi connectivity index (χ0v) is 18.1. The fourth-order valence-corrected chi connectivity index (χ4v) is 4.25. The van der Waals surface area contributed by atoms with E-state index in [0.29, 0.717) is 18.1 Å². The third kappa shape index (κ3) is 5.93. The molecule has 1 aromatic rings. The summed E-state index contributed by atoms with van der Waals surface area (Å²) in [6.07, 6.45) is 1.16. The number of guanidine groups is 1. The van der Waals surface area contributed by atoms with Crippen molar-refractivity contribution in [1.29, 1.82) is 0 Å². The molecule has 3 atom stereocenters. The van der Waals surface area contributed by atoms with Crippen molar-refractivity contribution in [2.75, 3.05) is 53.4 Å². The van der Waals surface area contributed by atoms with Crippen LogP contribution in [0.3, 0.4) is 0 Å². The van der Waals surface area contributed by atoms with Crippen LogP contribution in [-0.2, 0) is 6.54 Å². The Morgan fingerprint density at radius 1 is 1.14 bits per heavy atom. The summed E-state index contributed by atoms with van der Waals surface area (Å²) in [6.45, 7) is 11.6. The van der Waals surface area contributed by atoms with Crippen molar-refractivity contribution in [3.63, 3.8) is 0 Å². The summed E-state index contributed by atoms with van der Waals surface area (Å²) in [7, 11) is 4.42. The number of rotatable bonds is 6. The summed E-state index contributed by atoms with van der Waals surface area (Å²) >= 11 is 0. The average molecular weight is 387 g/mol. The highest BCUT2D eigenvalue weighted by Gasteiger charge is 2.29. The molecular formula is C22H38N6. The van der Waals surface area contributed by atoms with E-state index in [1.54, 1.807) is 0 Å². The lowest BCUT2D eigenvalue weighted by Gasteiger charge is -2.37. The van der Waals surface area contributed by atoms with Crippen LogP contribution in [0.5, 0.6) is 0 Å². The second-order valence-corrected chi connectivity index (χ2v) is 8.46. The van der Waals surface area contributed by atoms with Gasteiger partial charge in [-0.2, -0.15) is 0 Å². The van der Waals surface area contributed by atoms with E-state index in [1.165, 1.54) is 5.56 Å². The highest BCUT2D eigenvalue weighted by atomic mass is 15.3. The average Bonchev–Trinajstić information content (AvgIpc) is 3.02. The first-order valence-corrected chi connectivity index (χ1v) is 10.8. The van der Waals surface area contributed by atoms with Gasteiger partial charge < -0.3 is 15.5 Å². The van der Waals surface area contributed by atoms with Crippen LogP contribution in [0, 0.1) is 0 Å². The second kappa shape index (κ2) is 10.2. The number of piperazine rings is 1. The Labute approximate surface area is 171 Å². The summed E-state index contributed by atoms with van der Waals surface area (Å²) in [5.74, 6) is 0.961. The van der Waals surface area contributed by atoms with Crippen molar-refractivity contribution in [2.45, 2.75) is 44.9 Å². The molecular weight excluding hydrogens is 348 g/mol. The van der Waals surface area contributed by atoms with Gasteiger partial charge in [0.1, 0.15) is 0 Å². The number of hydrogen-bond donors (Lipinski definition) is 2. The van der Waals surface area contributed by atoms with Crippen molar-refractivity contribution in [2.24, 2.45) is 4.99 Å². The molecule has 1 aromatic carbocycles. The molecule has 3 rings (SSSR count). The number of aliphatic imine (C=N–C) groups is 1. The van der Waals surface area contributed by atoms with Crippen LogP contribution in [0.4, 0.5) is 0 Å². The molecule has 2 N–H and O–H groups in total. The highest BCUT2D eigenvalue weighted by molar-refractivity contribution is 5.80. The Morgan fingerprint density at radius 3 is 2.68 bits per heavy atom. The van der Waals surface area contributed by atoms with Crippen molar-refractivity contribution >= 4 is 5.96 Å². The van der Waals surface area contributed by atoms with E-state index in [9.17, 15) is 0 Å². The Balaban J connectivity index is 1.55. The van der Waals surface area contributed by atoms with Crippen molar-refractivity contribution in [3.05, 3.63) is 35.9 Å². The number of benzene rings is 1. The molecule has 2 saturated heterocycles. The monoisotopic (exact) mass is 386 g/mol. The van der Waals surface area contributed by atoms with Crippen LogP contribution >= 0.6 is 0 Å². The molecule has 2 fully saturated rings. The molecule has 0 spiro atoms. The minimum Gasteiger partial charge on any atom is -0.357 e. The Kier molecular flexibility index (Phi) is 7.71. The van der Waals surface area contributed by atoms with E-state index in [-0.39, 0.29) is 0 Å². The predicted octanol–water partition coefficient (Wildman–Crippen LogP) is 1.45. The number of nitrogens with one attached hydrogen (secondary N) is 2. The van der Waals surface area contributed by atoms with Crippen LogP contribution in [0.2, 0.25) is 0 Å². The first kappa shape index (κ1) is 21.1. The van der Waals surface area contributed by atoms with E-state index in [0.717, 1.165) is 58.2 Å². The van der Waals surface area contributed by atoms with Gasteiger partial charge in [0.2, 0.25) is 0 Å². The molecule has 0 bridgehead atoms. The van der Waals surface area contributed by atoms with Gasteiger partial charge in [0.15, 0.2) is 5.96 Å². The normalized spacial score (nSPS) is 27.9. The molecule has 0 aromatic heterocycles. The van der Waals surface area contributed by atoms with Crippen LogP contribution in [0.15, 0.2) is 35.3 Å². The lowest BCUT2D eigenvalue weighted by atomic mass is 10.2. The van der Waals surface area contributed by atoms with Gasteiger partial charge in [0, 0.05) is 57.4 Å².